The maximum Gasteiger partial charge on any atom is 0.215 e. The van der Waals surface area contributed by atoms with Crippen LogP contribution in [0.25, 0.3) is 0 Å². The summed E-state index contributed by atoms with van der Waals surface area (Å²) in [6.07, 6.45) is 0.876. The molecular weight excluding hydrogens is 226 g/mol. The van der Waals surface area contributed by atoms with Crippen molar-refractivity contribution in [1.29, 1.82) is 0 Å². The molecule has 1 heterocycles. The summed E-state index contributed by atoms with van der Waals surface area (Å²) in [5.74, 6) is 0.168. The molecule has 0 spiro atoms. The molecule has 14 heavy (non-hydrogen) atoms. The minimum absolute atomic E-state index is 0.0188. The summed E-state index contributed by atoms with van der Waals surface area (Å²) < 4.78 is 30.1. The van der Waals surface area contributed by atoms with E-state index in [1.807, 2.05) is 6.92 Å². The number of hydrogen-bond donors (Lipinski definition) is 0. The SMILES string of the molecule is CCC1CN(S(=O)(=O)CCCl)CCO1. The lowest BCUT2D eigenvalue weighted by Crippen LogP contribution is -2.46. The van der Waals surface area contributed by atoms with Crippen LogP contribution in [0, 0.1) is 0 Å². The van der Waals surface area contributed by atoms with Crippen LogP contribution in [0.3, 0.4) is 0 Å². The molecule has 1 aliphatic heterocycles. The lowest BCUT2D eigenvalue weighted by Gasteiger charge is -2.31. The van der Waals surface area contributed by atoms with Gasteiger partial charge in [0.25, 0.3) is 0 Å². The van der Waals surface area contributed by atoms with Crippen LogP contribution < -0.4 is 0 Å². The van der Waals surface area contributed by atoms with Gasteiger partial charge in [-0.1, -0.05) is 6.92 Å². The largest absolute Gasteiger partial charge is 0.375 e. The van der Waals surface area contributed by atoms with Gasteiger partial charge < -0.3 is 4.74 Å². The summed E-state index contributed by atoms with van der Waals surface area (Å²) in [7, 11) is -3.16. The van der Waals surface area contributed by atoms with E-state index in [1.54, 1.807) is 0 Å². The van der Waals surface area contributed by atoms with Crippen LogP contribution in [0.4, 0.5) is 0 Å². The zero-order chi connectivity index (χ0) is 10.6. The Hall–Kier alpha value is 0.160. The maximum atomic E-state index is 11.6. The van der Waals surface area contributed by atoms with Crippen LogP contribution in [0.1, 0.15) is 13.3 Å². The third kappa shape index (κ3) is 3.08. The van der Waals surface area contributed by atoms with E-state index in [4.69, 9.17) is 16.3 Å². The fourth-order valence-corrected chi connectivity index (χ4v) is 3.20. The molecule has 1 aliphatic rings. The molecule has 1 rings (SSSR count). The van der Waals surface area contributed by atoms with E-state index >= 15 is 0 Å². The molecule has 0 radical (unpaired) electrons. The molecule has 4 nitrogen and oxygen atoms in total. The van der Waals surface area contributed by atoms with Crippen LogP contribution in [-0.4, -0.2) is 50.2 Å². The molecule has 1 fully saturated rings. The van der Waals surface area contributed by atoms with Gasteiger partial charge in [-0.25, -0.2) is 8.42 Å². The predicted octanol–water partition coefficient (Wildman–Crippen LogP) is 0.666. The van der Waals surface area contributed by atoms with Crippen molar-refractivity contribution in [2.45, 2.75) is 19.4 Å². The van der Waals surface area contributed by atoms with Crippen LogP contribution in [0.5, 0.6) is 0 Å². The second kappa shape index (κ2) is 5.30. The summed E-state index contributed by atoms with van der Waals surface area (Å²) in [5, 5.41) is 0. The number of alkyl halides is 1. The van der Waals surface area contributed by atoms with Gasteiger partial charge in [-0.3, -0.25) is 0 Å². The Morgan fingerprint density at radius 2 is 2.29 bits per heavy atom. The number of ether oxygens (including phenoxy) is 1. The quantitative estimate of drug-likeness (QED) is 0.680. The van der Waals surface area contributed by atoms with Crippen molar-refractivity contribution in [3.8, 4) is 0 Å². The van der Waals surface area contributed by atoms with E-state index in [1.165, 1.54) is 4.31 Å². The molecule has 0 aromatic heterocycles. The molecule has 1 saturated heterocycles. The van der Waals surface area contributed by atoms with E-state index in [9.17, 15) is 8.42 Å². The zero-order valence-electron chi connectivity index (χ0n) is 8.28. The number of morpholine rings is 1. The van der Waals surface area contributed by atoms with E-state index in [-0.39, 0.29) is 17.7 Å². The highest BCUT2D eigenvalue weighted by molar-refractivity contribution is 7.89. The number of halogens is 1. The molecule has 0 N–H and O–H groups in total. The van der Waals surface area contributed by atoms with Gasteiger partial charge in [0.05, 0.1) is 18.5 Å². The first-order chi connectivity index (χ1) is 6.60. The minimum Gasteiger partial charge on any atom is -0.375 e. The van der Waals surface area contributed by atoms with Crippen LogP contribution in [0.15, 0.2) is 0 Å². The number of sulfonamides is 1. The topological polar surface area (TPSA) is 46.6 Å². The fourth-order valence-electron chi connectivity index (χ4n) is 1.42. The van der Waals surface area contributed by atoms with Gasteiger partial charge in [0, 0.05) is 19.0 Å². The van der Waals surface area contributed by atoms with Crippen molar-refractivity contribution < 1.29 is 13.2 Å². The van der Waals surface area contributed by atoms with Gasteiger partial charge >= 0.3 is 0 Å². The first-order valence-corrected chi connectivity index (χ1v) is 6.90. The van der Waals surface area contributed by atoms with Gasteiger partial charge in [-0.2, -0.15) is 4.31 Å². The summed E-state index contributed by atoms with van der Waals surface area (Å²) in [4.78, 5) is 0. The third-order valence-electron chi connectivity index (χ3n) is 2.29. The van der Waals surface area contributed by atoms with Gasteiger partial charge in [0.15, 0.2) is 0 Å². The standard InChI is InChI=1S/C8H16ClNO3S/c1-2-8-7-10(4-5-13-8)14(11,12)6-3-9/h8H,2-7H2,1H3. The number of nitrogens with zero attached hydrogens (tertiary/aromatic N) is 1. The number of hydrogen-bond acceptors (Lipinski definition) is 3. The summed E-state index contributed by atoms with van der Waals surface area (Å²) >= 11 is 5.44. The number of rotatable bonds is 4. The molecule has 1 atom stereocenters. The first kappa shape index (κ1) is 12.2. The normalized spacial score (nSPS) is 25.1. The van der Waals surface area contributed by atoms with Gasteiger partial charge in [-0.15, -0.1) is 11.6 Å². The maximum absolute atomic E-state index is 11.6. The van der Waals surface area contributed by atoms with Crippen LogP contribution in [-0.2, 0) is 14.8 Å². The van der Waals surface area contributed by atoms with Gasteiger partial charge in [0.1, 0.15) is 0 Å². The van der Waals surface area contributed by atoms with Crippen molar-refractivity contribution in [3.05, 3.63) is 0 Å². The lowest BCUT2D eigenvalue weighted by molar-refractivity contribution is -0.00272. The Morgan fingerprint density at radius 1 is 1.57 bits per heavy atom. The molecule has 1 unspecified atom stereocenters. The third-order valence-corrected chi connectivity index (χ3v) is 4.54. The molecule has 0 aliphatic carbocycles. The fraction of sp³-hybridized carbons (Fsp3) is 1.00. The Kier molecular flexibility index (Phi) is 4.63. The predicted molar refractivity (Wildman–Crippen MR) is 56.1 cm³/mol. The lowest BCUT2D eigenvalue weighted by atomic mass is 10.2. The zero-order valence-corrected chi connectivity index (χ0v) is 9.85. The van der Waals surface area contributed by atoms with Crippen LogP contribution >= 0.6 is 11.6 Å². The molecule has 0 bridgehead atoms. The molecule has 0 aromatic carbocycles. The second-order valence-electron chi connectivity index (χ2n) is 3.26. The first-order valence-electron chi connectivity index (χ1n) is 4.75. The highest BCUT2D eigenvalue weighted by Crippen LogP contribution is 2.12. The minimum atomic E-state index is -3.16. The van der Waals surface area contributed by atoms with E-state index < -0.39 is 10.0 Å². The smallest absolute Gasteiger partial charge is 0.215 e. The Morgan fingerprint density at radius 3 is 2.86 bits per heavy atom. The van der Waals surface area contributed by atoms with Gasteiger partial charge in [0.2, 0.25) is 10.0 Å². The summed E-state index contributed by atoms with van der Waals surface area (Å²) in [6.45, 7) is 3.40. The van der Waals surface area contributed by atoms with E-state index in [0.29, 0.717) is 19.7 Å². The van der Waals surface area contributed by atoms with Gasteiger partial charge in [-0.05, 0) is 6.42 Å². The molecular formula is C8H16ClNO3S. The monoisotopic (exact) mass is 241 g/mol. The van der Waals surface area contributed by atoms with Crippen molar-refractivity contribution in [1.82, 2.24) is 4.31 Å². The Balaban J connectivity index is 2.59. The highest BCUT2D eigenvalue weighted by Gasteiger charge is 2.27. The Bertz CT molecular complexity index is 268. The summed E-state index contributed by atoms with van der Waals surface area (Å²) in [6, 6.07) is 0. The van der Waals surface area contributed by atoms with Crippen molar-refractivity contribution in [2.75, 3.05) is 31.3 Å². The van der Waals surface area contributed by atoms with Crippen LogP contribution in [0.2, 0.25) is 0 Å². The Labute approximate surface area is 90.2 Å². The molecule has 84 valence electrons. The average Bonchev–Trinajstić information content (AvgIpc) is 2.18. The summed E-state index contributed by atoms with van der Waals surface area (Å²) in [5.41, 5.74) is 0. The van der Waals surface area contributed by atoms with E-state index in [2.05, 4.69) is 0 Å². The molecule has 0 amide bonds. The molecule has 0 aromatic rings. The van der Waals surface area contributed by atoms with Crippen molar-refractivity contribution in [2.24, 2.45) is 0 Å². The second-order valence-corrected chi connectivity index (χ2v) is 5.73. The van der Waals surface area contributed by atoms with E-state index in [0.717, 1.165) is 6.42 Å². The molecule has 6 heteroatoms. The highest BCUT2D eigenvalue weighted by atomic mass is 35.5. The average molecular weight is 242 g/mol. The molecule has 0 saturated carbocycles. The van der Waals surface area contributed by atoms with Crippen molar-refractivity contribution in [3.63, 3.8) is 0 Å². The van der Waals surface area contributed by atoms with Crippen molar-refractivity contribution >= 4 is 21.6 Å².